The normalized spacial score (nSPS) is 11.6. The summed E-state index contributed by atoms with van der Waals surface area (Å²) < 4.78 is 4.96. The summed E-state index contributed by atoms with van der Waals surface area (Å²) in [6.45, 7) is 1.67. The fourth-order valence-corrected chi connectivity index (χ4v) is 1.48. The fourth-order valence-electron chi connectivity index (χ4n) is 1.48. The van der Waals surface area contributed by atoms with Crippen molar-refractivity contribution < 1.29 is 24.4 Å². The van der Waals surface area contributed by atoms with Crippen LogP contribution in [0.25, 0.3) is 0 Å². The zero-order chi connectivity index (χ0) is 14.4. The second-order valence-corrected chi connectivity index (χ2v) is 3.81. The highest BCUT2D eigenvalue weighted by Gasteiger charge is 2.23. The van der Waals surface area contributed by atoms with E-state index in [1.165, 1.54) is 24.3 Å². The predicted molar refractivity (Wildman–Crippen MR) is 64.8 cm³/mol. The van der Waals surface area contributed by atoms with Crippen LogP contribution in [0.2, 0.25) is 0 Å². The molecule has 0 saturated heterocycles. The molecule has 19 heavy (non-hydrogen) atoms. The van der Waals surface area contributed by atoms with E-state index in [1.807, 2.05) is 0 Å². The lowest BCUT2D eigenvalue weighted by atomic mass is 10.1. The standard InChI is InChI=1S/C12H13NO6/c1-2-8(7-11(14)15)19-12(16)9-5-3-4-6-10(9)13(17)18/h3-6,8H,2,7H2,1H3,(H,14,15). The Kier molecular flexibility index (Phi) is 4.99. The molecule has 7 heteroatoms. The first-order valence-electron chi connectivity index (χ1n) is 5.61. The monoisotopic (exact) mass is 267 g/mol. The van der Waals surface area contributed by atoms with E-state index in [2.05, 4.69) is 0 Å². The van der Waals surface area contributed by atoms with Gasteiger partial charge in [0, 0.05) is 6.07 Å². The van der Waals surface area contributed by atoms with Gasteiger partial charge in [-0.05, 0) is 12.5 Å². The zero-order valence-corrected chi connectivity index (χ0v) is 10.2. The molecule has 0 radical (unpaired) electrons. The maximum absolute atomic E-state index is 11.8. The van der Waals surface area contributed by atoms with Crippen molar-refractivity contribution >= 4 is 17.6 Å². The quantitative estimate of drug-likeness (QED) is 0.480. The van der Waals surface area contributed by atoms with E-state index in [0.29, 0.717) is 6.42 Å². The van der Waals surface area contributed by atoms with Crippen molar-refractivity contribution in [2.24, 2.45) is 0 Å². The highest BCUT2D eigenvalue weighted by Crippen LogP contribution is 2.20. The van der Waals surface area contributed by atoms with Crippen LogP contribution < -0.4 is 0 Å². The van der Waals surface area contributed by atoms with Crippen molar-refractivity contribution in [3.8, 4) is 0 Å². The summed E-state index contributed by atoms with van der Waals surface area (Å²) in [5.41, 5.74) is -0.547. The number of nitrogens with zero attached hydrogens (tertiary/aromatic N) is 1. The van der Waals surface area contributed by atoms with Crippen LogP contribution >= 0.6 is 0 Å². The average Bonchev–Trinajstić information content (AvgIpc) is 2.37. The van der Waals surface area contributed by atoms with E-state index < -0.39 is 23.0 Å². The Bertz CT molecular complexity index is 499. The lowest BCUT2D eigenvalue weighted by molar-refractivity contribution is -0.385. The highest BCUT2D eigenvalue weighted by atomic mass is 16.6. The van der Waals surface area contributed by atoms with Crippen LogP contribution in [0.1, 0.15) is 30.1 Å². The number of benzene rings is 1. The maximum atomic E-state index is 11.8. The number of para-hydroxylation sites is 1. The third-order valence-electron chi connectivity index (χ3n) is 2.45. The average molecular weight is 267 g/mol. The van der Waals surface area contributed by atoms with Crippen LogP contribution in [0.3, 0.4) is 0 Å². The summed E-state index contributed by atoms with van der Waals surface area (Å²) in [5, 5.41) is 19.4. The van der Waals surface area contributed by atoms with Gasteiger partial charge in [0.05, 0.1) is 11.3 Å². The Morgan fingerprint density at radius 3 is 2.58 bits per heavy atom. The Balaban J connectivity index is 2.88. The highest BCUT2D eigenvalue weighted by molar-refractivity contribution is 5.94. The summed E-state index contributed by atoms with van der Waals surface area (Å²) in [5.74, 6) is -1.98. The molecule has 0 aromatic heterocycles. The number of hydrogen-bond acceptors (Lipinski definition) is 5. The molecule has 0 spiro atoms. The summed E-state index contributed by atoms with van der Waals surface area (Å²) >= 11 is 0. The summed E-state index contributed by atoms with van der Waals surface area (Å²) in [4.78, 5) is 32.4. The largest absolute Gasteiger partial charge is 0.481 e. The number of esters is 1. The van der Waals surface area contributed by atoms with Crippen molar-refractivity contribution in [1.29, 1.82) is 0 Å². The zero-order valence-electron chi connectivity index (χ0n) is 10.2. The van der Waals surface area contributed by atoms with Gasteiger partial charge in [-0.1, -0.05) is 19.1 Å². The van der Waals surface area contributed by atoms with Gasteiger partial charge in [-0.25, -0.2) is 4.79 Å². The second-order valence-electron chi connectivity index (χ2n) is 3.81. The third-order valence-corrected chi connectivity index (χ3v) is 2.45. The number of rotatable bonds is 6. The lowest BCUT2D eigenvalue weighted by Crippen LogP contribution is -2.21. The Hall–Kier alpha value is -2.44. The van der Waals surface area contributed by atoms with Crippen LogP contribution in [0.4, 0.5) is 5.69 Å². The molecule has 1 aromatic rings. The number of aliphatic carboxylic acids is 1. The molecule has 1 aromatic carbocycles. The van der Waals surface area contributed by atoms with Gasteiger partial charge in [0.1, 0.15) is 11.7 Å². The topological polar surface area (TPSA) is 107 Å². The number of ether oxygens (including phenoxy) is 1. The van der Waals surface area contributed by atoms with Gasteiger partial charge < -0.3 is 9.84 Å². The van der Waals surface area contributed by atoms with Crippen LogP contribution in [0.5, 0.6) is 0 Å². The summed E-state index contributed by atoms with van der Waals surface area (Å²) in [6.07, 6.45) is -0.813. The van der Waals surface area contributed by atoms with Gasteiger partial charge in [0.15, 0.2) is 0 Å². The van der Waals surface area contributed by atoms with Gasteiger partial charge in [-0.2, -0.15) is 0 Å². The van der Waals surface area contributed by atoms with Crippen molar-refractivity contribution in [3.05, 3.63) is 39.9 Å². The molecule has 0 bridgehead atoms. The maximum Gasteiger partial charge on any atom is 0.345 e. The molecule has 0 saturated carbocycles. The van der Waals surface area contributed by atoms with Gasteiger partial charge in [-0.15, -0.1) is 0 Å². The molecule has 0 aliphatic rings. The van der Waals surface area contributed by atoms with E-state index in [0.717, 1.165) is 0 Å². The first kappa shape index (κ1) is 14.6. The first-order chi connectivity index (χ1) is 8.95. The van der Waals surface area contributed by atoms with Crippen LogP contribution in [-0.4, -0.2) is 28.1 Å². The smallest absolute Gasteiger partial charge is 0.345 e. The van der Waals surface area contributed by atoms with Gasteiger partial charge in [0.25, 0.3) is 5.69 Å². The molecule has 1 unspecified atom stereocenters. The number of carbonyl (C=O) groups is 2. The minimum atomic E-state index is -1.10. The molecule has 0 heterocycles. The van der Waals surface area contributed by atoms with Crippen LogP contribution in [-0.2, 0) is 9.53 Å². The second kappa shape index (κ2) is 6.48. The number of nitro benzene ring substituents is 1. The first-order valence-corrected chi connectivity index (χ1v) is 5.61. The molecule has 0 amide bonds. The van der Waals surface area contributed by atoms with E-state index in [1.54, 1.807) is 6.92 Å². The number of nitro groups is 1. The molecular formula is C12H13NO6. The molecule has 0 fully saturated rings. The van der Waals surface area contributed by atoms with Crippen LogP contribution in [0, 0.1) is 10.1 Å². The molecule has 1 N–H and O–H groups in total. The summed E-state index contributed by atoms with van der Waals surface area (Å²) in [7, 11) is 0. The number of carboxylic acid groups (broad SMARTS) is 1. The molecule has 102 valence electrons. The molecule has 1 atom stereocenters. The number of hydrogen-bond donors (Lipinski definition) is 1. The van der Waals surface area contributed by atoms with Crippen molar-refractivity contribution in [2.45, 2.75) is 25.9 Å². The summed E-state index contributed by atoms with van der Waals surface area (Å²) in [6, 6.07) is 5.37. The van der Waals surface area contributed by atoms with E-state index in [9.17, 15) is 19.7 Å². The Morgan fingerprint density at radius 1 is 1.42 bits per heavy atom. The third kappa shape index (κ3) is 4.06. The minimum absolute atomic E-state index is 0.184. The van der Waals surface area contributed by atoms with Gasteiger partial charge in [0.2, 0.25) is 0 Å². The van der Waals surface area contributed by atoms with Crippen molar-refractivity contribution in [1.82, 2.24) is 0 Å². The van der Waals surface area contributed by atoms with Gasteiger partial charge in [-0.3, -0.25) is 14.9 Å². The Labute approximate surface area is 109 Å². The molecule has 1 rings (SSSR count). The van der Waals surface area contributed by atoms with Crippen molar-refractivity contribution in [2.75, 3.05) is 0 Å². The minimum Gasteiger partial charge on any atom is -0.481 e. The molecule has 7 nitrogen and oxygen atoms in total. The van der Waals surface area contributed by atoms with E-state index in [-0.39, 0.29) is 17.7 Å². The fraction of sp³-hybridized carbons (Fsp3) is 0.333. The SMILES string of the molecule is CCC(CC(=O)O)OC(=O)c1ccccc1[N+](=O)[O-]. The number of carbonyl (C=O) groups excluding carboxylic acids is 1. The Morgan fingerprint density at radius 2 is 2.05 bits per heavy atom. The van der Waals surface area contributed by atoms with Crippen LogP contribution in [0.15, 0.2) is 24.3 Å². The van der Waals surface area contributed by atoms with Crippen molar-refractivity contribution in [3.63, 3.8) is 0 Å². The predicted octanol–water partition coefficient (Wildman–Crippen LogP) is 2.00. The van der Waals surface area contributed by atoms with Gasteiger partial charge >= 0.3 is 11.9 Å². The lowest BCUT2D eigenvalue weighted by Gasteiger charge is -2.13. The number of carboxylic acids is 1. The van der Waals surface area contributed by atoms with E-state index >= 15 is 0 Å². The van der Waals surface area contributed by atoms with E-state index in [4.69, 9.17) is 9.84 Å². The molecule has 0 aliphatic heterocycles. The molecular weight excluding hydrogens is 254 g/mol. The molecule has 0 aliphatic carbocycles.